The predicted octanol–water partition coefficient (Wildman–Crippen LogP) is 18.5. The molecule has 0 bridgehead atoms. The van der Waals surface area contributed by atoms with Crippen LogP contribution in [0, 0.1) is 0 Å². The number of aliphatic hydroxyl groups is 2. The summed E-state index contributed by atoms with van der Waals surface area (Å²) in [4.78, 5) is 24.5. The number of hydrogen-bond donors (Lipinski definition) is 3. The van der Waals surface area contributed by atoms with Crippen LogP contribution in [0.3, 0.4) is 0 Å². The standard InChI is InChI=1S/C60H117NO5/c1-3-5-7-9-11-13-15-16-17-23-26-29-33-36-40-44-48-52-58(63)57(56-62)61-59(64)53-49-45-41-37-34-30-27-24-21-19-18-20-22-25-28-31-35-39-43-47-51-55-66-60(65)54-50-46-42-38-32-14-12-10-8-6-4-2/h19,21,57-58,62-63H,3-18,20,22-56H2,1-2H3,(H,61,64)/b21-19-. The first kappa shape index (κ1) is 64.6. The molecule has 6 heteroatoms. The molecule has 3 N–H and O–H groups in total. The van der Waals surface area contributed by atoms with Gasteiger partial charge in [0.25, 0.3) is 0 Å². The number of esters is 1. The minimum atomic E-state index is -0.668. The average Bonchev–Trinajstić information content (AvgIpc) is 3.32. The van der Waals surface area contributed by atoms with Crippen molar-refractivity contribution in [3.8, 4) is 0 Å². The Balaban J connectivity index is 3.42. The van der Waals surface area contributed by atoms with Crippen molar-refractivity contribution < 1.29 is 24.5 Å². The molecule has 0 aliphatic rings. The second kappa shape index (κ2) is 56.2. The van der Waals surface area contributed by atoms with E-state index < -0.39 is 12.1 Å². The molecule has 392 valence electrons. The average molecular weight is 933 g/mol. The van der Waals surface area contributed by atoms with E-state index in [9.17, 15) is 19.8 Å². The molecule has 0 aliphatic heterocycles. The lowest BCUT2D eigenvalue weighted by molar-refractivity contribution is -0.143. The molecule has 0 aliphatic carbocycles. The number of carbonyl (C=O) groups excluding carboxylic acids is 2. The summed E-state index contributed by atoms with van der Waals surface area (Å²) in [6.45, 7) is 4.96. The van der Waals surface area contributed by atoms with Crippen LogP contribution in [0.1, 0.15) is 335 Å². The summed E-state index contributed by atoms with van der Waals surface area (Å²) < 4.78 is 5.46. The molecular weight excluding hydrogens is 815 g/mol. The summed E-state index contributed by atoms with van der Waals surface area (Å²) in [7, 11) is 0. The monoisotopic (exact) mass is 932 g/mol. The Morgan fingerprint density at radius 1 is 0.409 bits per heavy atom. The highest BCUT2D eigenvalue weighted by Gasteiger charge is 2.20. The summed E-state index contributed by atoms with van der Waals surface area (Å²) in [6.07, 6.45) is 66.4. The van der Waals surface area contributed by atoms with Crippen molar-refractivity contribution in [3.05, 3.63) is 12.2 Å². The Labute approximate surface area is 412 Å². The molecule has 66 heavy (non-hydrogen) atoms. The maximum absolute atomic E-state index is 12.5. The van der Waals surface area contributed by atoms with Crippen molar-refractivity contribution in [2.75, 3.05) is 13.2 Å². The first-order valence-electron chi connectivity index (χ1n) is 29.9. The van der Waals surface area contributed by atoms with Gasteiger partial charge in [0.1, 0.15) is 0 Å². The molecule has 0 saturated carbocycles. The highest BCUT2D eigenvalue weighted by atomic mass is 16.5. The lowest BCUT2D eigenvalue weighted by Crippen LogP contribution is -2.45. The van der Waals surface area contributed by atoms with E-state index in [2.05, 4.69) is 31.3 Å². The third kappa shape index (κ3) is 52.0. The predicted molar refractivity (Wildman–Crippen MR) is 287 cm³/mol. The van der Waals surface area contributed by atoms with Crippen LogP contribution in [0.5, 0.6) is 0 Å². The molecular formula is C60H117NO5. The molecule has 0 fully saturated rings. The van der Waals surface area contributed by atoms with E-state index in [1.54, 1.807) is 0 Å². The Kier molecular flexibility index (Phi) is 55.0. The number of amides is 1. The zero-order chi connectivity index (χ0) is 47.9. The van der Waals surface area contributed by atoms with Crippen LogP contribution in [0.2, 0.25) is 0 Å². The molecule has 0 radical (unpaired) electrons. The molecule has 0 heterocycles. The van der Waals surface area contributed by atoms with Gasteiger partial charge < -0.3 is 20.3 Å². The van der Waals surface area contributed by atoms with Crippen LogP contribution in [0.15, 0.2) is 12.2 Å². The van der Waals surface area contributed by atoms with Gasteiger partial charge in [-0.3, -0.25) is 9.59 Å². The first-order valence-corrected chi connectivity index (χ1v) is 29.9. The highest BCUT2D eigenvalue weighted by molar-refractivity contribution is 5.76. The topological polar surface area (TPSA) is 95.9 Å². The summed E-state index contributed by atoms with van der Waals surface area (Å²) >= 11 is 0. The lowest BCUT2D eigenvalue weighted by atomic mass is 10.0. The largest absolute Gasteiger partial charge is 0.466 e. The van der Waals surface area contributed by atoms with Gasteiger partial charge in [0.2, 0.25) is 5.91 Å². The fourth-order valence-electron chi connectivity index (χ4n) is 9.46. The fourth-order valence-corrected chi connectivity index (χ4v) is 9.46. The van der Waals surface area contributed by atoms with E-state index in [0.29, 0.717) is 25.9 Å². The molecule has 0 aromatic heterocycles. The smallest absolute Gasteiger partial charge is 0.305 e. The van der Waals surface area contributed by atoms with Crippen molar-refractivity contribution in [2.24, 2.45) is 0 Å². The molecule has 0 saturated heterocycles. The number of unbranched alkanes of at least 4 members (excludes halogenated alkanes) is 43. The Morgan fingerprint density at radius 3 is 1.08 bits per heavy atom. The third-order valence-corrected chi connectivity index (χ3v) is 14.1. The number of ether oxygens (including phenoxy) is 1. The molecule has 1 amide bonds. The fraction of sp³-hybridized carbons (Fsp3) is 0.933. The number of hydrogen-bond acceptors (Lipinski definition) is 5. The van der Waals surface area contributed by atoms with Crippen LogP contribution in [0.4, 0.5) is 0 Å². The molecule has 6 nitrogen and oxygen atoms in total. The van der Waals surface area contributed by atoms with Gasteiger partial charge in [-0.25, -0.2) is 0 Å². The van der Waals surface area contributed by atoms with E-state index in [0.717, 1.165) is 38.5 Å². The van der Waals surface area contributed by atoms with Crippen LogP contribution < -0.4 is 5.32 Å². The van der Waals surface area contributed by atoms with E-state index in [1.807, 2.05) is 0 Å². The number of aliphatic hydroxyl groups excluding tert-OH is 2. The lowest BCUT2D eigenvalue weighted by Gasteiger charge is -2.22. The minimum absolute atomic E-state index is 0.00849. The number of nitrogens with one attached hydrogen (secondary N) is 1. The number of rotatable bonds is 56. The SMILES string of the molecule is CCCCCCCCCCCCCCCCCCCC(O)C(CO)NC(=O)CCCCCCCCC/C=C\CCCCCCCCCCCCOC(=O)CCCCCCCCCCCCC. The van der Waals surface area contributed by atoms with Crippen molar-refractivity contribution in [1.82, 2.24) is 5.32 Å². The van der Waals surface area contributed by atoms with Crippen LogP contribution in [-0.4, -0.2) is 47.4 Å². The van der Waals surface area contributed by atoms with E-state index in [4.69, 9.17) is 4.74 Å². The van der Waals surface area contributed by atoms with E-state index >= 15 is 0 Å². The zero-order valence-electron chi connectivity index (χ0n) is 44.7. The normalized spacial score (nSPS) is 12.6. The maximum Gasteiger partial charge on any atom is 0.305 e. The van der Waals surface area contributed by atoms with Gasteiger partial charge >= 0.3 is 5.97 Å². The van der Waals surface area contributed by atoms with Crippen LogP contribution >= 0.6 is 0 Å². The van der Waals surface area contributed by atoms with Crippen LogP contribution in [-0.2, 0) is 14.3 Å². The molecule has 0 rings (SSSR count). The van der Waals surface area contributed by atoms with Gasteiger partial charge in [0.15, 0.2) is 0 Å². The Hall–Kier alpha value is -1.40. The summed E-state index contributed by atoms with van der Waals surface area (Å²) in [6, 6.07) is -0.546. The Bertz CT molecular complexity index is 986. The second-order valence-corrected chi connectivity index (χ2v) is 20.7. The maximum atomic E-state index is 12.5. The number of allylic oxidation sites excluding steroid dienone is 2. The second-order valence-electron chi connectivity index (χ2n) is 20.7. The molecule has 0 aromatic carbocycles. The van der Waals surface area contributed by atoms with E-state index in [1.165, 1.54) is 263 Å². The van der Waals surface area contributed by atoms with Gasteiger partial charge in [-0.05, 0) is 51.4 Å². The van der Waals surface area contributed by atoms with Gasteiger partial charge in [-0.15, -0.1) is 0 Å². The minimum Gasteiger partial charge on any atom is -0.466 e. The van der Waals surface area contributed by atoms with Crippen LogP contribution in [0.25, 0.3) is 0 Å². The Morgan fingerprint density at radius 2 is 0.712 bits per heavy atom. The third-order valence-electron chi connectivity index (χ3n) is 14.1. The van der Waals surface area contributed by atoms with Gasteiger partial charge in [0, 0.05) is 12.8 Å². The van der Waals surface area contributed by atoms with Gasteiger partial charge in [-0.1, -0.05) is 283 Å². The van der Waals surface area contributed by atoms with Gasteiger partial charge in [0.05, 0.1) is 25.4 Å². The molecule has 2 atom stereocenters. The summed E-state index contributed by atoms with van der Waals surface area (Å²) in [5.74, 6) is -0.0315. The number of carbonyl (C=O) groups is 2. The quantitative estimate of drug-likeness (QED) is 0.0321. The highest BCUT2D eigenvalue weighted by Crippen LogP contribution is 2.18. The zero-order valence-corrected chi connectivity index (χ0v) is 44.7. The van der Waals surface area contributed by atoms with Gasteiger partial charge in [-0.2, -0.15) is 0 Å². The molecule has 0 spiro atoms. The first-order chi connectivity index (χ1) is 32.5. The molecule has 2 unspecified atom stereocenters. The summed E-state index contributed by atoms with van der Waals surface area (Å²) in [5.41, 5.74) is 0. The van der Waals surface area contributed by atoms with Crippen molar-refractivity contribution in [3.63, 3.8) is 0 Å². The van der Waals surface area contributed by atoms with Crippen molar-refractivity contribution in [2.45, 2.75) is 347 Å². The van der Waals surface area contributed by atoms with E-state index in [-0.39, 0.29) is 18.5 Å². The summed E-state index contributed by atoms with van der Waals surface area (Å²) in [5, 5.41) is 23.3. The molecule has 0 aromatic rings. The van der Waals surface area contributed by atoms with Crippen molar-refractivity contribution in [1.29, 1.82) is 0 Å². The van der Waals surface area contributed by atoms with Crippen molar-refractivity contribution >= 4 is 11.9 Å².